The number of nitrogens with two attached hydrogens (primary N) is 1. The summed E-state index contributed by atoms with van der Waals surface area (Å²) in [5, 5.41) is 4.31. The average molecular weight is 310 g/mol. The Kier molecular flexibility index (Phi) is 4.02. The Bertz CT molecular complexity index is 459. The molecule has 90 valence electrons. The summed E-state index contributed by atoms with van der Waals surface area (Å²) in [5.41, 5.74) is 8.70. The lowest BCUT2D eigenvalue weighted by molar-refractivity contribution is 0.453. The molecule has 0 saturated carbocycles. The first-order valence-electron chi connectivity index (χ1n) is 5.64. The van der Waals surface area contributed by atoms with Crippen molar-refractivity contribution in [1.29, 1.82) is 0 Å². The lowest BCUT2D eigenvalue weighted by atomic mass is 9.87. The Morgan fingerprint density at radius 3 is 2.53 bits per heavy atom. The van der Waals surface area contributed by atoms with Gasteiger partial charge >= 0.3 is 0 Å². The van der Waals surface area contributed by atoms with Crippen molar-refractivity contribution in [2.75, 3.05) is 0 Å². The van der Waals surface area contributed by atoms with Crippen LogP contribution in [0.3, 0.4) is 0 Å². The van der Waals surface area contributed by atoms with Crippen molar-refractivity contribution in [1.82, 2.24) is 0 Å². The molecule has 0 aliphatic carbocycles. The van der Waals surface area contributed by atoms with Crippen LogP contribution < -0.4 is 5.73 Å². The highest BCUT2D eigenvalue weighted by Crippen LogP contribution is 2.25. The van der Waals surface area contributed by atoms with Crippen molar-refractivity contribution < 1.29 is 0 Å². The SMILES string of the molecule is CC(N)(CCc1ccsc1)c1ccc(Br)cc1. The van der Waals surface area contributed by atoms with Gasteiger partial charge in [0.25, 0.3) is 0 Å². The van der Waals surface area contributed by atoms with Crippen LogP contribution in [0.4, 0.5) is 0 Å². The van der Waals surface area contributed by atoms with Crippen molar-refractivity contribution in [3.63, 3.8) is 0 Å². The van der Waals surface area contributed by atoms with E-state index in [0.29, 0.717) is 0 Å². The fourth-order valence-electron chi connectivity index (χ4n) is 1.81. The fourth-order valence-corrected chi connectivity index (χ4v) is 2.78. The molecule has 0 aliphatic rings. The zero-order valence-corrected chi connectivity index (χ0v) is 12.2. The second-order valence-corrected chi connectivity index (χ2v) is 6.25. The van der Waals surface area contributed by atoms with Gasteiger partial charge in [0.05, 0.1) is 0 Å². The number of benzene rings is 1. The highest BCUT2D eigenvalue weighted by atomic mass is 79.9. The molecule has 0 fully saturated rings. The van der Waals surface area contributed by atoms with E-state index >= 15 is 0 Å². The Balaban J connectivity index is 2.05. The van der Waals surface area contributed by atoms with Crippen molar-refractivity contribution in [2.24, 2.45) is 5.73 Å². The molecule has 1 atom stereocenters. The molecule has 0 aliphatic heterocycles. The predicted octanol–water partition coefficient (Wildman–Crippen LogP) is 4.32. The van der Waals surface area contributed by atoms with Crippen LogP contribution in [0.1, 0.15) is 24.5 Å². The third kappa shape index (κ3) is 3.41. The summed E-state index contributed by atoms with van der Waals surface area (Å²) in [6.07, 6.45) is 2.00. The first-order valence-corrected chi connectivity index (χ1v) is 7.37. The molecule has 0 spiro atoms. The van der Waals surface area contributed by atoms with E-state index in [0.717, 1.165) is 17.3 Å². The van der Waals surface area contributed by atoms with Crippen molar-refractivity contribution in [2.45, 2.75) is 25.3 Å². The van der Waals surface area contributed by atoms with Gasteiger partial charge in [-0.15, -0.1) is 0 Å². The summed E-state index contributed by atoms with van der Waals surface area (Å²) in [5.74, 6) is 0. The molecule has 1 aromatic carbocycles. The topological polar surface area (TPSA) is 26.0 Å². The molecule has 1 aromatic heterocycles. The van der Waals surface area contributed by atoms with Crippen molar-refractivity contribution >= 4 is 27.3 Å². The fraction of sp³-hybridized carbons (Fsp3) is 0.286. The van der Waals surface area contributed by atoms with Gasteiger partial charge in [0.15, 0.2) is 0 Å². The monoisotopic (exact) mass is 309 g/mol. The summed E-state index contributed by atoms with van der Waals surface area (Å²) in [7, 11) is 0. The quantitative estimate of drug-likeness (QED) is 0.894. The van der Waals surface area contributed by atoms with E-state index in [-0.39, 0.29) is 5.54 Å². The highest BCUT2D eigenvalue weighted by Gasteiger charge is 2.20. The van der Waals surface area contributed by atoms with Gasteiger partial charge in [-0.25, -0.2) is 0 Å². The number of rotatable bonds is 4. The molecule has 1 unspecified atom stereocenters. The minimum atomic E-state index is -0.261. The lowest BCUT2D eigenvalue weighted by Gasteiger charge is -2.25. The number of hydrogen-bond acceptors (Lipinski definition) is 2. The van der Waals surface area contributed by atoms with E-state index in [2.05, 4.69) is 51.8 Å². The van der Waals surface area contributed by atoms with Crippen LogP contribution in [0.2, 0.25) is 0 Å². The highest BCUT2D eigenvalue weighted by molar-refractivity contribution is 9.10. The first-order chi connectivity index (χ1) is 8.08. The van der Waals surface area contributed by atoms with Crippen LogP contribution in [-0.4, -0.2) is 0 Å². The van der Waals surface area contributed by atoms with E-state index < -0.39 is 0 Å². The summed E-state index contributed by atoms with van der Waals surface area (Å²) in [4.78, 5) is 0. The summed E-state index contributed by atoms with van der Waals surface area (Å²) < 4.78 is 1.09. The second-order valence-electron chi connectivity index (χ2n) is 4.56. The van der Waals surface area contributed by atoms with E-state index in [1.165, 1.54) is 11.1 Å². The maximum Gasteiger partial charge on any atom is 0.0384 e. The van der Waals surface area contributed by atoms with Crippen molar-refractivity contribution in [3.8, 4) is 0 Å². The molecule has 17 heavy (non-hydrogen) atoms. The largest absolute Gasteiger partial charge is 0.322 e. The molecular weight excluding hydrogens is 294 g/mol. The molecule has 1 nitrogen and oxygen atoms in total. The Labute approximate surface area is 115 Å². The first kappa shape index (κ1) is 12.8. The Morgan fingerprint density at radius 2 is 1.94 bits per heavy atom. The van der Waals surface area contributed by atoms with E-state index in [1.807, 2.05) is 12.1 Å². The zero-order chi connectivity index (χ0) is 12.3. The standard InChI is InChI=1S/C14H16BrNS/c1-14(16,8-6-11-7-9-17-10-11)12-2-4-13(15)5-3-12/h2-5,7,9-10H,6,8,16H2,1H3. The molecule has 0 amide bonds. The summed E-state index contributed by atoms with van der Waals surface area (Å²) in [6, 6.07) is 10.5. The Hall–Kier alpha value is -0.640. The molecule has 2 N–H and O–H groups in total. The molecule has 0 bridgehead atoms. The Morgan fingerprint density at radius 1 is 1.24 bits per heavy atom. The zero-order valence-electron chi connectivity index (χ0n) is 9.82. The van der Waals surface area contributed by atoms with Crippen molar-refractivity contribution in [3.05, 3.63) is 56.7 Å². The molecule has 0 saturated heterocycles. The lowest BCUT2D eigenvalue weighted by Crippen LogP contribution is -2.33. The molecule has 3 heteroatoms. The second kappa shape index (κ2) is 5.34. The minimum Gasteiger partial charge on any atom is -0.322 e. The number of halogens is 1. The molecule has 1 heterocycles. The van der Waals surface area contributed by atoms with Gasteiger partial charge in [0, 0.05) is 10.0 Å². The van der Waals surface area contributed by atoms with E-state index in [9.17, 15) is 0 Å². The number of thiophene rings is 1. The predicted molar refractivity (Wildman–Crippen MR) is 78.3 cm³/mol. The van der Waals surface area contributed by atoms with Gasteiger partial charge < -0.3 is 5.73 Å². The third-order valence-electron chi connectivity index (χ3n) is 3.02. The van der Waals surface area contributed by atoms with Gasteiger partial charge in [-0.1, -0.05) is 28.1 Å². The third-order valence-corrected chi connectivity index (χ3v) is 4.28. The maximum absolute atomic E-state index is 6.39. The molecular formula is C14H16BrNS. The van der Waals surface area contributed by atoms with Crippen LogP contribution in [0.5, 0.6) is 0 Å². The molecule has 0 radical (unpaired) electrons. The van der Waals surface area contributed by atoms with Gasteiger partial charge in [0.1, 0.15) is 0 Å². The smallest absolute Gasteiger partial charge is 0.0384 e. The molecule has 2 aromatic rings. The normalized spacial score (nSPS) is 14.5. The number of hydrogen-bond donors (Lipinski definition) is 1. The van der Waals surface area contributed by atoms with Crippen LogP contribution >= 0.6 is 27.3 Å². The minimum absolute atomic E-state index is 0.261. The summed E-state index contributed by atoms with van der Waals surface area (Å²) in [6.45, 7) is 2.10. The van der Waals surface area contributed by atoms with Gasteiger partial charge in [0.2, 0.25) is 0 Å². The van der Waals surface area contributed by atoms with Gasteiger partial charge in [-0.3, -0.25) is 0 Å². The average Bonchev–Trinajstić information content (AvgIpc) is 2.80. The van der Waals surface area contributed by atoms with E-state index in [1.54, 1.807) is 11.3 Å². The van der Waals surface area contributed by atoms with Gasteiger partial charge in [-0.2, -0.15) is 11.3 Å². The van der Waals surface area contributed by atoms with Crippen LogP contribution in [0.15, 0.2) is 45.6 Å². The van der Waals surface area contributed by atoms with Gasteiger partial charge in [-0.05, 0) is 59.9 Å². The van der Waals surface area contributed by atoms with E-state index in [4.69, 9.17) is 5.73 Å². The van der Waals surface area contributed by atoms with Crippen LogP contribution in [0.25, 0.3) is 0 Å². The van der Waals surface area contributed by atoms with Crippen LogP contribution in [-0.2, 0) is 12.0 Å². The molecule has 2 rings (SSSR count). The van der Waals surface area contributed by atoms with Crippen LogP contribution in [0, 0.1) is 0 Å². The number of aryl methyl sites for hydroxylation is 1. The summed E-state index contributed by atoms with van der Waals surface area (Å²) >= 11 is 5.18. The maximum atomic E-state index is 6.39.